The number of halogens is 1. The number of nitrogens with zero attached hydrogens (tertiary/aromatic N) is 1. The maximum atomic E-state index is 13.3. The molecule has 0 saturated carbocycles. The van der Waals surface area contributed by atoms with Gasteiger partial charge in [-0.1, -0.05) is 18.2 Å². The van der Waals surface area contributed by atoms with Crippen molar-refractivity contribution in [3.63, 3.8) is 0 Å². The molecular weight excluding hydrogens is 347 g/mol. The Morgan fingerprint density at radius 2 is 1.78 bits per heavy atom. The van der Waals surface area contributed by atoms with Crippen molar-refractivity contribution in [3.8, 4) is 11.3 Å². The third-order valence-corrected chi connectivity index (χ3v) is 4.62. The molecule has 0 unspecified atom stereocenters. The zero-order valence-electron chi connectivity index (χ0n) is 15.0. The predicted molar refractivity (Wildman–Crippen MR) is 102 cm³/mol. The third-order valence-electron chi connectivity index (χ3n) is 4.62. The average molecular weight is 368 g/mol. The van der Waals surface area contributed by atoms with Crippen LogP contribution in [0.4, 0.5) is 4.39 Å². The first-order valence-electron chi connectivity index (χ1n) is 8.77. The van der Waals surface area contributed by atoms with E-state index in [1.54, 1.807) is 19.2 Å². The maximum absolute atomic E-state index is 13.3. The third kappa shape index (κ3) is 4.34. The van der Waals surface area contributed by atoms with Gasteiger partial charge in [0.25, 0.3) is 0 Å². The Morgan fingerprint density at radius 1 is 1.07 bits per heavy atom. The molecule has 2 N–H and O–H groups in total. The summed E-state index contributed by atoms with van der Waals surface area (Å²) in [5, 5.41) is 9.78. The van der Waals surface area contributed by atoms with Crippen LogP contribution >= 0.6 is 0 Å². The number of para-hydroxylation sites is 1. The van der Waals surface area contributed by atoms with E-state index in [1.165, 1.54) is 17.0 Å². The lowest BCUT2D eigenvalue weighted by Crippen LogP contribution is -2.29. The lowest BCUT2D eigenvalue weighted by atomic mass is 10.0. The number of hydrogen-bond acceptors (Lipinski definition) is 2. The van der Waals surface area contributed by atoms with Gasteiger partial charge >= 0.3 is 5.97 Å². The van der Waals surface area contributed by atoms with Gasteiger partial charge in [0.1, 0.15) is 5.82 Å². The Kier molecular flexibility index (Phi) is 5.54. The van der Waals surface area contributed by atoms with Crippen LogP contribution < -0.4 is 0 Å². The second kappa shape index (κ2) is 8.03. The van der Waals surface area contributed by atoms with E-state index in [2.05, 4.69) is 4.98 Å². The van der Waals surface area contributed by atoms with Gasteiger partial charge < -0.3 is 15.0 Å². The van der Waals surface area contributed by atoms with Crippen molar-refractivity contribution in [2.45, 2.75) is 19.3 Å². The number of aryl methyl sites for hydroxylation is 1. The average Bonchev–Trinajstić information content (AvgIpc) is 3.03. The van der Waals surface area contributed by atoms with Crippen molar-refractivity contribution >= 4 is 22.8 Å². The number of amides is 1. The summed E-state index contributed by atoms with van der Waals surface area (Å²) in [4.78, 5) is 27.8. The Hall–Kier alpha value is -3.15. The van der Waals surface area contributed by atoms with Crippen molar-refractivity contribution in [2.24, 2.45) is 0 Å². The van der Waals surface area contributed by atoms with Gasteiger partial charge in [-0.3, -0.25) is 9.59 Å². The zero-order chi connectivity index (χ0) is 19.4. The van der Waals surface area contributed by atoms with E-state index in [1.807, 2.05) is 24.3 Å². The number of nitrogens with one attached hydrogen (secondary N) is 1. The number of aromatic nitrogens is 1. The fraction of sp³-hybridized carbons (Fsp3) is 0.238. The number of aliphatic carboxylic acids is 1. The van der Waals surface area contributed by atoms with Crippen molar-refractivity contribution in [1.29, 1.82) is 0 Å². The topological polar surface area (TPSA) is 73.4 Å². The highest BCUT2D eigenvalue weighted by molar-refractivity contribution is 5.91. The summed E-state index contributed by atoms with van der Waals surface area (Å²) in [5.74, 6) is -1.33. The second-order valence-corrected chi connectivity index (χ2v) is 6.49. The van der Waals surface area contributed by atoms with Gasteiger partial charge in [-0.15, -0.1) is 0 Å². The minimum absolute atomic E-state index is 0.0733. The summed E-state index contributed by atoms with van der Waals surface area (Å²) in [6.07, 6.45) is 0.704. The summed E-state index contributed by atoms with van der Waals surface area (Å²) in [6, 6.07) is 14.1. The lowest BCUT2D eigenvalue weighted by Gasteiger charge is -2.16. The van der Waals surface area contributed by atoms with Crippen LogP contribution in [0.2, 0.25) is 0 Å². The number of carbonyl (C=O) groups excluding carboxylic acids is 1. The molecule has 27 heavy (non-hydrogen) atoms. The fourth-order valence-corrected chi connectivity index (χ4v) is 3.13. The SMILES string of the molecule is CN(CCC(=O)O)C(=O)CCc1c(-c2ccc(F)cc2)[nH]c2ccccc12. The molecule has 0 aliphatic rings. The standard InChI is InChI=1S/C21H21FN2O3/c1-24(13-12-20(26)27)19(25)11-10-17-16-4-2-3-5-18(16)23-21(17)14-6-8-15(22)9-7-14/h2-9,23H,10-13H2,1H3,(H,26,27). The van der Waals surface area contributed by atoms with E-state index in [-0.39, 0.29) is 31.1 Å². The number of rotatable bonds is 7. The van der Waals surface area contributed by atoms with Crippen LogP contribution in [0.5, 0.6) is 0 Å². The Bertz CT molecular complexity index is 963. The van der Waals surface area contributed by atoms with Crippen LogP contribution in [0.25, 0.3) is 22.2 Å². The zero-order valence-corrected chi connectivity index (χ0v) is 15.0. The Labute approximate surface area is 156 Å². The first-order valence-corrected chi connectivity index (χ1v) is 8.77. The number of carboxylic acids is 1. The van der Waals surface area contributed by atoms with Crippen LogP contribution in [0.1, 0.15) is 18.4 Å². The monoisotopic (exact) mass is 368 g/mol. The molecule has 0 bridgehead atoms. The molecule has 3 rings (SSSR count). The van der Waals surface area contributed by atoms with E-state index < -0.39 is 5.97 Å². The highest BCUT2D eigenvalue weighted by Gasteiger charge is 2.16. The van der Waals surface area contributed by atoms with Gasteiger partial charge in [0.15, 0.2) is 0 Å². The van der Waals surface area contributed by atoms with Gasteiger partial charge in [-0.25, -0.2) is 4.39 Å². The summed E-state index contributed by atoms with van der Waals surface area (Å²) < 4.78 is 13.3. The van der Waals surface area contributed by atoms with Crippen molar-refractivity contribution in [2.75, 3.05) is 13.6 Å². The van der Waals surface area contributed by atoms with Crippen LogP contribution in [0, 0.1) is 5.82 Å². The molecule has 0 atom stereocenters. The molecule has 2 aromatic carbocycles. The van der Waals surface area contributed by atoms with Gasteiger partial charge in [0.05, 0.1) is 6.42 Å². The van der Waals surface area contributed by atoms with Crippen molar-refractivity contribution < 1.29 is 19.1 Å². The van der Waals surface area contributed by atoms with Crippen molar-refractivity contribution in [3.05, 3.63) is 59.9 Å². The minimum Gasteiger partial charge on any atom is -0.481 e. The molecule has 0 saturated heterocycles. The number of carboxylic acid groups (broad SMARTS) is 1. The van der Waals surface area contributed by atoms with E-state index in [9.17, 15) is 14.0 Å². The predicted octanol–water partition coefficient (Wildman–Crippen LogP) is 3.84. The second-order valence-electron chi connectivity index (χ2n) is 6.49. The lowest BCUT2D eigenvalue weighted by molar-refractivity contribution is -0.138. The molecule has 6 heteroatoms. The smallest absolute Gasteiger partial charge is 0.305 e. The quantitative estimate of drug-likeness (QED) is 0.665. The van der Waals surface area contributed by atoms with E-state index in [0.29, 0.717) is 6.42 Å². The van der Waals surface area contributed by atoms with Crippen LogP contribution in [-0.2, 0) is 16.0 Å². The molecule has 140 valence electrons. The van der Waals surface area contributed by atoms with E-state index >= 15 is 0 Å². The number of hydrogen-bond donors (Lipinski definition) is 2. The molecule has 0 fully saturated rings. The van der Waals surface area contributed by atoms with Gasteiger partial charge in [-0.05, 0) is 47.9 Å². The number of fused-ring (bicyclic) bond motifs is 1. The molecule has 1 aromatic heterocycles. The molecular formula is C21H21FN2O3. The Morgan fingerprint density at radius 3 is 2.48 bits per heavy atom. The van der Waals surface area contributed by atoms with Crippen molar-refractivity contribution in [1.82, 2.24) is 9.88 Å². The van der Waals surface area contributed by atoms with E-state index in [4.69, 9.17) is 5.11 Å². The molecule has 0 radical (unpaired) electrons. The number of aromatic amines is 1. The summed E-state index contributed by atoms with van der Waals surface area (Å²) in [6.45, 7) is 0.187. The van der Waals surface area contributed by atoms with E-state index in [0.717, 1.165) is 27.7 Å². The maximum Gasteiger partial charge on any atom is 0.305 e. The number of benzene rings is 2. The molecule has 0 aliphatic heterocycles. The van der Waals surface area contributed by atoms with Crippen LogP contribution in [0.3, 0.4) is 0 Å². The highest BCUT2D eigenvalue weighted by atomic mass is 19.1. The van der Waals surface area contributed by atoms with Gasteiger partial charge in [0, 0.05) is 36.6 Å². The van der Waals surface area contributed by atoms with Gasteiger partial charge in [0.2, 0.25) is 5.91 Å². The fourth-order valence-electron chi connectivity index (χ4n) is 3.13. The summed E-state index contributed by atoms with van der Waals surface area (Å²) >= 11 is 0. The number of carbonyl (C=O) groups is 2. The molecule has 0 spiro atoms. The molecule has 5 nitrogen and oxygen atoms in total. The first kappa shape index (κ1) is 18.6. The molecule has 1 amide bonds. The highest BCUT2D eigenvalue weighted by Crippen LogP contribution is 2.31. The molecule has 0 aliphatic carbocycles. The Balaban J connectivity index is 1.84. The van der Waals surface area contributed by atoms with Crippen LogP contribution in [0.15, 0.2) is 48.5 Å². The molecule has 1 heterocycles. The number of H-pyrrole nitrogens is 1. The van der Waals surface area contributed by atoms with Crippen LogP contribution in [-0.4, -0.2) is 40.5 Å². The van der Waals surface area contributed by atoms with Gasteiger partial charge in [-0.2, -0.15) is 0 Å². The summed E-state index contributed by atoms with van der Waals surface area (Å²) in [5.41, 5.74) is 3.68. The largest absolute Gasteiger partial charge is 0.481 e. The molecule has 3 aromatic rings. The minimum atomic E-state index is -0.926. The summed E-state index contributed by atoms with van der Waals surface area (Å²) in [7, 11) is 1.61. The normalized spacial score (nSPS) is 10.9. The first-order chi connectivity index (χ1) is 13.0.